The van der Waals surface area contributed by atoms with Crippen LogP contribution >= 0.6 is 24.0 Å². The number of carbonyl (C=O) groups excluding carboxylic acids is 2. The van der Waals surface area contributed by atoms with Gasteiger partial charge in [0.05, 0.1) is 15.4 Å². The highest BCUT2D eigenvalue weighted by Crippen LogP contribution is 2.38. The number of halogens is 3. The number of benzene rings is 3. The molecule has 3 aromatic rings. The van der Waals surface area contributed by atoms with Gasteiger partial charge < -0.3 is 4.74 Å². The summed E-state index contributed by atoms with van der Waals surface area (Å²) in [7, 11) is 0. The molecule has 1 heterocycles. The average molecular weight is 546 g/mol. The number of amides is 2. The van der Waals surface area contributed by atoms with E-state index in [1.54, 1.807) is 36.4 Å². The number of thiocarbonyl (C=S) groups is 1. The van der Waals surface area contributed by atoms with E-state index in [4.69, 9.17) is 17.0 Å². The van der Waals surface area contributed by atoms with Gasteiger partial charge in [-0.3, -0.25) is 25.1 Å². The van der Waals surface area contributed by atoms with Crippen LogP contribution in [-0.4, -0.2) is 26.1 Å². The molecule has 37 heavy (non-hydrogen) atoms. The molecule has 0 saturated carbocycles. The molecule has 1 fully saturated rings. The summed E-state index contributed by atoms with van der Waals surface area (Å²) in [6, 6.07) is 16.2. The molecular formula is C24H14F3N3O5S2. The Morgan fingerprint density at radius 3 is 2.49 bits per heavy atom. The third kappa shape index (κ3) is 5.95. The third-order valence-electron chi connectivity index (χ3n) is 4.91. The molecule has 0 aliphatic carbocycles. The van der Waals surface area contributed by atoms with E-state index in [2.05, 4.69) is 5.43 Å². The second-order valence-electron chi connectivity index (χ2n) is 7.44. The maximum Gasteiger partial charge on any atom is 0.416 e. The molecule has 13 heteroatoms. The van der Waals surface area contributed by atoms with Crippen molar-refractivity contribution in [3.05, 3.63) is 105 Å². The summed E-state index contributed by atoms with van der Waals surface area (Å²) in [5.74, 6) is -1.38. The van der Waals surface area contributed by atoms with Gasteiger partial charge in [0.2, 0.25) is 5.75 Å². The van der Waals surface area contributed by atoms with Crippen LogP contribution in [0.4, 0.5) is 18.9 Å². The predicted molar refractivity (Wildman–Crippen MR) is 134 cm³/mol. The number of hydrazine groups is 1. The van der Waals surface area contributed by atoms with Crippen molar-refractivity contribution in [1.82, 2.24) is 10.4 Å². The molecule has 0 aromatic heterocycles. The van der Waals surface area contributed by atoms with E-state index in [0.717, 1.165) is 22.8 Å². The summed E-state index contributed by atoms with van der Waals surface area (Å²) in [4.78, 5) is 35.8. The first kappa shape index (κ1) is 25.9. The topological polar surface area (TPSA) is 102 Å². The summed E-state index contributed by atoms with van der Waals surface area (Å²) in [5.41, 5.74) is 1.21. The Bertz CT molecular complexity index is 1450. The Morgan fingerprint density at radius 1 is 1.08 bits per heavy atom. The molecule has 0 radical (unpaired) electrons. The normalized spacial score (nSPS) is 14.7. The quantitative estimate of drug-likeness (QED) is 0.177. The molecule has 3 aromatic carbocycles. The van der Waals surface area contributed by atoms with Crippen molar-refractivity contribution in [1.29, 1.82) is 0 Å². The van der Waals surface area contributed by atoms with Gasteiger partial charge >= 0.3 is 11.9 Å². The average Bonchev–Trinajstić information content (AvgIpc) is 3.11. The lowest BCUT2D eigenvalue weighted by Gasteiger charge is -2.15. The summed E-state index contributed by atoms with van der Waals surface area (Å²) >= 11 is 6.16. The maximum atomic E-state index is 12.9. The first-order valence-corrected chi connectivity index (χ1v) is 11.5. The first-order valence-electron chi connectivity index (χ1n) is 10.3. The van der Waals surface area contributed by atoms with Gasteiger partial charge in [0.1, 0.15) is 5.75 Å². The monoisotopic (exact) mass is 545 g/mol. The lowest BCUT2D eigenvalue weighted by atomic mass is 10.1. The van der Waals surface area contributed by atoms with Gasteiger partial charge in [-0.15, -0.1) is 0 Å². The van der Waals surface area contributed by atoms with Gasteiger partial charge in [-0.25, -0.2) is 0 Å². The Kier molecular flexibility index (Phi) is 7.27. The zero-order valence-corrected chi connectivity index (χ0v) is 20.0. The molecule has 2 amide bonds. The molecule has 1 saturated heterocycles. The van der Waals surface area contributed by atoms with E-state index in [0.29, 0.717) is 23.3 Å². The van der Waals surface area contributed by atoms with Crippen molar-refractivity contribution in [3.8, 4) is 11.5 Å². The number of thioether (sulfide) groups is 1. The van der Waals surface area contributed by atoms with E-state index in [1.165, 1.54) is 24.3 Å². The molecule has 4 rings (SSSR count). The number of carbonyl (C=O) groups is 2. The van der Waals surface area contributed by atoms with Crippen molar-refractivity contribution in [3.63, 3.8) is 0 Å². The van der Waals surface area contributed by atoms with Crippen LogP contribution in [0.5, 0.6) is 11.5 Å². The number of rotatable bonds is 6. The number of nitrogens with one attached hydrogen (secondary N) is 1. The van der Waals surface area contributed by atoms with Crippen LogP contribution in [0.2, 0.25) is 0 Å². The van der Waals surface area contributed by atoms with Crippen molar-refractivity contribution < 1.29 is 32.4 Å². The highest BCUT2D eigenvalue weighted by molar-refractivity contribution is 8.26. The van der Waals surface area contributed by atoms with E-state index in [1.807, 2.05) is 0 Å². The van der Waals surface area contributed by atoms with Crippen LogP contribution < -0.4 is 10.2 Å². The highest BCUT2D eigenvalue weighted by Gasteiger charge is 2.34. The largest absolute Gasteiger partial charge is 0.450 e. The Labute approximate surface area is 216 Å². The van der Waals surface area contributed by atoms with Gasteiger partial charge in [-0.1, -0.05) is 42.1 Å². The number of alkyl halides is 3. The smallest absolute Gasteiger partial charge is 0.416 e. The molecule has 0 spiro atoms. The molecular weight excluding hydrogens is 531 g/mol. The number of ether oxygens (including phenoxy) is 1. The minimum Gasteiger partial charge on any atom is -0.450 e. The molecule has 1 N–H and O–H groups in total. The molecule has 1 aliphatic rings. The standard InChI is InChI=1S/C24H14F3N3O5S2/c25-24(26,27)16-9-10-19(18(13-16)30(33)34)35-17-8-4-5-14(11-17)12-20-22(32)29(23(36)37-20)28-21(31)15-6-2-1-3-7-15/h1-13H,(H,28,31)/b20-12+. The summed E-state index contributed by atoms with van der Waals surface area (Å²) < 4.78 is 44.4. The van der Waals surface area contributed by atoms with Gasteiger partial charge in [-0.2, -0.15) is 18.2 Å². The number of hydrogen-bond donors (Lipinski definition) is 1. The molecule has 1 aliphatic heterocycles. The fraction of sp³-hybridized carbons (Fsp3) is 0.0417. The zero-order chi connectivity index (χ0) is 26.7. The van der Waals surface area contributed by atoms with Crippen LogP contribution in [0.15, 0.2) is 77.7 Å². The summed E-state index contributed by atoms with van der Waals surface area (Å²) in [6.45, 7) is 0. The zero-order valence-electron chi connectivity index (χ0n) is 18.4. The molecule has 8 nitrogen and oxygen atoms in total. The van der Waals surface area contributed by atoms with Gasteiger partial charge in [0.25, 0.3) is 11.8 Å². The van der Waals surface area contributed by atoms with Gasteiger partial charge in [-0.05, 0) is 60.3 Å². The molecule has 188 valence electrons. The fourth-order valence-electron chi connectivity index (χ4n) is 3.19. The predicted octanol–water partition coefficient (Wildman–Crippen LogP) is 5.95. The van der Waals surface area contributed by atoms with Gasteiger partial charge in [0, 0.05) is 11.6 Å². The number of hydrogen-bond acceptors (Lipinski definition) is 7. The number of nitrogens with zero attached hydrogens (tertiary/aromatic N) is 2. The van der Waals surface area contributed by atoms with E-state index in [9.17, 15) is 32.9 Å². The molecule has 0 unspecified atom stereocenters. The third-order valence-corrected chi connectivity index (χ3v) is 6.21. The van der Waals surface area contributed by atoms with Crippen LogP contribution in [0.1, 0.15) is 21.5 Å². The van der Waals surface area contributed by atoms with Crippen molar-refractivity contribution in [2.24, 2.45) is 0 Å². The molecule has 0 bridgehead atoms. The summed E-state index contributed by atoms with van der Waals surface area (Å²) in [6.07, 6.45) is -3.28. The lowest BCUT2D eigenvalue weighted by molar-refractivity contribution is -0.385. The van der Waals surface area contributed by atoms with E-state index < -0.39 is 34.2 Å². The maximum absolute atomic E-state index is 12.9. The van der Waals surface area contributed by atoms with Crippen LogP contribution in [0.25, 0.3) is 6.08 Å². The SMILES string of the molecule is O=C(NN1C(=O)/C(=C\c2cccc(Oc3ccc(C(F)(F)F)cc3[N+](=O)[O-])c2)SC1=S)c1ccccc1. The number of nitro benzene ring substituents is 1. The Balaban J connectivity index is 1.53. The minimum atomic E-state index is -4.75. The number of nitro groups is 1. The highest BCUT2D eigenvalue weighted by atomic mass is 32.2. The second-order valence-corrected chi connectivity index (χ2v) is 9.11. The lowest BCUT2D eigenvalue weighted by Crippen LogP contribution is -2.44. The van der Waals surface area contributed by atoms with Crippen LogP contribution in [0, 0.1) is 10.1 Å². The van der Waals surface area contributed by atoms with Crippen molar-refractivity contribution in [2.75, 3.05) is 0 Å². The van der Waals surface area contributed by atoms with Crippen LogP contribution in [0.3, 0.4) is 0 Å². The Hall–Kier alpha value is -4.23. The van der Waals surface area contributed by atoms with Crippen LogP contribution in [-0.2, 0) is 11.0 Å². The van der Waals surface area contributed by atoms with Crippen molar-refractivity contribution >= 4 is 51.9 Å². The second kappa shape index (κ2) is 10.4. The summed E-state index contributed by atoms with van der Waals surface area (Å²) in [5, 5.41) is 12.3. The van der Waals surface area contributed by atoms with Gasteiger partial charge in [0.15, 0.2) is 4.32 Å². The minimum absolute atomic E-state index is 0.0875. The first-order chi connectivity index (χ1) is 17.5. The van der Waals surface area contributed by atoms with Crippen molar-refractivity contribution in [2.45, 2.75) is 6.18 Å². The van der Waals surface area contributed by atoms with E-state index >= 15 is 0 Å². The fourth-order valence-corrected chi connectivity index (χ4v) is 4.37. The Morgan fingerprint density at radius 2 is 1.81 bits per heavy atom. The van der Waals surface area contributed by atoms with E-state index in [-0.39, 0.29) is 20.7 Å². The molecule has 0 atom stereocenters.